The molecule has 0 saturated carbocycles. The maximum atomic E-state index is 14.0. The number of aliphatic carboxylic acids is 1. The lowest BCUT2D eigenvalue weighted by molar-refractivity contribution is -0.139. The van der Waals surface area contributed by atoms with Crippen LogP contribution in [0, 0.1) is 5.82 Å². The molecule has 0 radical (unpaired) electrons. The first-order chi connectivity index (χ1) is 15.8. The number of rotatable bonds is 11. The molecule has 1 aromatic heterocycles. The number of benzene rings is 1. The number of carbonyl (C=O) groups is 1. The molecule has 2 aromatic rings. The van der Waals surface area contributed by atoms with E-state index in [4.69, 9.17) is 5.11 Å². The van der Waals surface area contributed by atoms with E-state index in [1.165, 1.54) is 25.3 Å². The molecule has 0 aliphatic heterocycles. The summed E-state index contributed by atoms with van der Waals surface area (Å²) in [5.74, 6) is -1.67. The van der Waals surface area contributed by atoms with E-state index in [-0.39, 0.29) is 24.7 Å². The number of aliphatic hydroxyl groups is 2. The smallest absolute Gasteiger partial charge is 0.305 e. The minimum atomic E-state index is -3.60. The van der Waals surface area contributed by atoms with E-state index in [0.717, 1.165) is 10.6 Å². The third-order valence-electron chi connectivity index (χ3n) is 5.07. The van der Waals surface area contributed by atoms with Crippen LogP contribution < -0.4 is 4.31 Å². The Hall–Kier alpha value is -2.89. The molecule has 0 fully saturated rings. The van der Waals surface area contributed by atoms with Gasteiger partial charge in [0.25, 0.3) is 0 Å². The highest BCUT2D eigenvalue weighted by Crippen LogP contribution is 2.28. The maximum Gasteiger partial charge on any atom is 0.305 e. The summed E-state index contributed by atoms with van der Waals surface area (Å²) in [6, 6.07) is 5.86. The molecule has 0 saturated heterocycles. The zero-order valence-corrected chi connectivity index (χ0v) is 20.3. The Kier molecular flexibility index (Phi) is 9.25. The Morgan fingerprint density at radius 3 is 2.47 bits per heavy atom. The molecule has 11 heteroatoms. The number of anilines is 1. The molecule has 0 spiro atoms. The third kappa shape index (κ3) is 7.86. The molecule has 3 N–H and O–H groups in total. The van der Waals surface area contributed by atoms with Gasteiger partial charge in [0.2, 0.25) is 16.0 Å². The lowest BCUT2D eigenvalue weighted by Gasteiger charge is -2.18. The number of nitrogens with zero attached hydrogens (tertiary/aromatic N) is 3. The van der Waals surface area contributed by atoms with Gasteiger partial charge >= 0.3 is 5.97 Å². The van der Waals surface area contributed by atoms with Crippen molar-refractivity contribution < 1.29 is 32.9 Å². The molecule has 186 valence electrons. The van der Waals surface area contributed by atoms with Crippen molar-refractivity contribution >= 4 is 21.9 Å². The second kappa shape index (κ2) is 11.5. The summed E-state index contributed by atoms with van der Waals surface area (Å²) in [4.78, 5) is 19.4. The standard InChI is InChI=1S/C23H30FN3O6S/c1-14(2)20-13-21(26-23(25-20)27(3)34(4,32)33)19-9-8-16(24)10-15(19)6-5-7-17(28)11-18(29)12-22(30)31/h5,7-10,13-14,17-18,28-29H,6,11-12H2,1-4H3,(H,30,31)/b7-5+/t17-,18-/m1/s1. The highest BCUT2D eigenvalue weighted by molar-refractivity contribution is 7.92. The van der Waals surface area contributed by atoms with E-state index in [9.17, 15) is 27.8 Å². The monoisotopic (exact) mass is 495 g/mol. The summed E-state index contributed by atoms with van der Waals surface area (Å²) < 4.78 is 39.1. The summed E-state index contributed by atoms with van der Waals surface area (Å²) in [5.41, 5.74) is 2.14. The topological polar surface area (TPSA) is 141 Å². The quantitative estimate of drug-likeness (QED) is 0.404. The maximum absolute atomic E-state index is 14.0. The van der Waals surface area contributed by atoms with Crippen LogP contribution in [-0.2, 0) is 21.2 Å². The lowest BCUT2D eigenvalue weighted by Crippen LogP contribution is -2.27. The second-order valence-corrected chi connectivity index (χ2v) is 10.4. The number of carboxylic acids is 1. The van der Waals surface area contributed by atoms with Gasteiger partial charge < -0.3 is 15.3 Å². The first-order valence-electron chi connectivity index (χ1n) is 10.6. The molecular weight excluding hydrogens is 465 g/mol. The Balaban J connectivity index is 2.39. The van der Waals surface area contributed by atoms with Crippen molar-refractivity contribution in [2.45, 2.75) is 51.2 Å². The van der Waals surface area contributed by atoms with E-state index < -0.39 is 40.4 Å². The molecule has 1 heterocycles. The predicted octanol–water partition coefficient (Wildman–Crippen LogP) is 2.49. The summed E-state index contributed by atoms with van der Waals surface area (Å²) in [7, 11) is -2.25. The number of allylic oxidation sites excluding steroid dienone is 1. The van der Waals surface area contributed by atoms with Gasteiger partial charge in [-0.15, -0.1) is 0 Å². The molecule has 0 aliphatic rings. The van der Waals surface area contributed by atoms with Crippen LogP contribution in [0.2, 0.25) is 0 Å². The van der Waals surface area contributed by atoms with Gasteiger partial charge in [-0.05, 0) is 42.2 Å². The first-order valence-corrected chi connectivity index (χ1v) is 12.5. The number of aromatic nitrogens is 2. The Bertz CT molecular complexity index is 1150. The van der Waals surface area contributed by atoms with Gasteiger partial charge in [-0.2, -0.15) is 0 Å². The van der Waals surface area contributed by atoms with E-state index >= 15 is 0 Å². The van der Waals surface area contributed by atoms with Crippen LogP contribution in [0.1, 0.15) is 43.9 Å². The Labute approximate surface area is 198 Å². The fraction of sp³-hybridized carbons (Fsp3) is 0.435. The molecule has 2 rings (SSSR count). The summed E-state index contributed by atoms with van der Waals surface area (Å²) >= 11 is 0. The minimum Gasteiger partial charge on any atom is -0.481 e. The number of hydrogen-bond donors (Lipinski definition) is 3. The fourth-order valence-corrected chi connectivity index (χ4v) is 3.53. The van der Waals surface area contributed by atoms with Crippen molar-refractivity contribution in [3.8, 4) is 11.3 Å². The Morgan fingerprint density at radius 1 is 1.21 bits per heavy atom. The van der Waals surface area contributed by atoms with Crippen LogP contribution in [0.15, 0.2) is 36.4 Å². The number of halogens is 1. The highest BCUT2D eigenvalue weighted by atomic mass is 32.2. The van der Waals surface area contributed by atoms with Crippen LogP contribution in [0.25, 0.3) is 11.3 Å². The SMILES string of the molecule is CC(C)c1cc(-c2ccc(F)cc2C/C=C/[C@@H](O)C[C@@H](O)CC(=O)O)nc(N(C)S(C)(=O)=O)n1. The van der Waals surface area contributed by atoms with E-state index in [1.807, 2.05) is 13.8 Å². The van der Waals surface area contributed by atoms with Gasteiger partial charge in [0.05, 0.1) is 30.6 Å². The zero-order valence-electron chi connectivity index (χ0n) is 19.5. The number of sulfonamides is 1. The van der Waals surface area contributed by atoms with Crippen molar-refractivity contribution in [3.05, 3.63) is 53.5 Å². The molecule has 34 heavy (non-hydrogen) atoms. The van der Waals surface area contributed by atoms with Gasteiger partial charge in [0, 0.05) is 24.7 Å². The molecular formula is C23H30FN3O6S. The number of hydrogen-bond acceptors (Lipinski definition) is 7. The largest absolute Gasteiger partial charge is 0.481 e. The van der Waals surface area contributed by atoms with Crippen molar-refractivity contribution in [3.63, 3.8) is 0 Å². The fourth-order valence-electron chi connectivity index (χ4n) is 3.15. The van der Waals surface area contributed by atoms with Crippen molar-refractivity contribution in [1.29, 1.82) is 0 Å². The molecule has 0 aliphatic carbocycles. The average Bonchev–Trinajstić information content (AvgIpc) is 2.71. The van der Waals surface area contributed by atoms with Crippen LogP contribution in [0.4, 0.5) is 10.3 Å². The minimum absolute atomic E-state index is 0.00245. The van der Waals surface area contributed by atoms with Crippen molar-refractivity contribution in [2.24, 2.45) is 0 Å². The van der Waals surface area contributed by atoms with Crippen molar-refractivity contribution in [1.82, 2.24) is 9.97 Å². The van der Waals surface area contributed by atoms with E-state index in [1.54, 1.807) is 18.2 Å². The summed E-state index contributed by atoms with van der Waals surface area (Å²) in [6.07, 6.45) is 1.35. The van der Waals surface area contributed by atoms with Crippen molar-refractivity contribution in [2.75, 3.05) is 17.6 Å². The molecule has 2 atom stereocenters. The van der Waals surface area contributed by atoms with Gasteiger partial charge in [-0.1, -0.05) is 26.0 Å². The molecule has 0 bridgehead atoms. The molecule has 0 unspecified atom stereocenters. The summed E-state index contributed by atoms with van der Waals surface area (Å²) in [6.45, 7) is 3.82. The lowest BCUT2D eigenvalue weighted by atomic mass is 9.99. The van der Waals surface area contributed by atoms with Gasteiger partial charge in [0.1, 0.15) is 5.82 Å². The number of aliphatic hydroxyl groups excluding tert-OH is 2. The normalized spacial score (nSPS) is 13.9. The average molecular weight is 496 g/mol. The van der Waals surface area contributed by atoms with E-state index in [2.05, 4.69) is 9.97 Å². The van der Waals surface area contributed by atoms with E-state index in [0.29, 0.717) is 22.5 Å². The second-order valence-electron chi connectivity index (χ2n) is 8.35. The van der Waals surface area contributed by atoms with Gasteiger partial charge in [-0.3, -0.25) is 4.79 Å². The first kappa shape index (κ1) is 27.4. The molecule has 1 aromatic carbocycles. The molecule has 0 amide bonds. The Morgan fingerprint density at radius 2 is 1.88 bits per heavy atom. The summed E-state index contributed by atoms with van der Waals surface area (Å²) in [5, 5.41) is 28.4. The van der Waals surface area contributed by atoms with Crippen LogP contribution >= 0.6 is 0 Å². The molecule has 9 nitrogen and oxygen atoms in total. The predicted molar refractivity (Wildman–Crippen MR) is 126 cm³/mol. The third-order valence-corrected chi connectivity index (χ3v) is 6.23. The zero-order chi connectivity index (χ0) is 25.6. The highest BCUT2D eigenvalue weighted by Gasteiger charge is 2.19. The van der Waals surface area contributed by atoms with Crippen LogP contribution in [0.3, 0.4) is 0 Å². The van der Waals surface area contributed by atoms with Gasteiger partial charge in [0.15, 0.2) is 0 Å². The van der Waals surface area contributed by atoms with Crippen LogP contribution in [-0.4, -0.2) is 65.2 Å². The van der Waals surface area contributed by atoms with Gasteiger partial charge in [-0.25, -0.2) is 27.1 Å². The number of carboxylic acid groups (broad SMARTS) is 1. The van der Waals surface area contributed by atoms with Crippen LogP contribution in [0.5, 0.6) is 0 Å².